The fraction of sp³-hybridized carbons (Fsp3) is 0.261. The second-order valence-electron chi connectivity index (χ2n) is 7.16. The summed E-state index contributed by atoms with van der Waals surface area (Å²) >= 11 is 1.12. The number of ether oxygens (including phenoxy) is 1. The number of aryl methyl sites for hydroxylation is 4. The summed E-state index contributed by atoms with van der Waals surface area (Å²) in [6, 6.07) is 13.8. The molecule has 3 aromatic rings. The Hall–Kier alpha value is -3.19. The number of anilines is 2. The molecule has 30 heavy (non-hydrogen) atoms. The second kappa shape index (κ2) is 9.54. The van der Waals surface area contributed by atoms with Crippen molar-refractivity contribution in [1.29, 1.82) is 0 Å². The van der Waals surface area contributed by atoms with Crippen molar-refractivity contribution in [2.75, 3.05) is 17.2 Å². The molecule has 2 N–H and O–H groups in total. The van der Waals surface area contributed by atoms with Gasteiger partial charge in [-0.25, -0.2) is 9.78 Å². The fourth-order valence-corrected chi connectivity index (χ4v) is 4.09. The first kappa shape index (κ1) is 21.5. The zero-order valence-corrected chi connectivity index (χ0v) is 18.4. The number of thiazole rings is 1. The van der Waals surface area contributed by atoms with Gasteiger partial charge in [-0.1, -0.05) is 59.4 Å². The van der Waals surface area contributed by atoms with E-state index in [1.807, 2.05) is 63.2 Å². The Morgan fingerprint density at radius 2 is 1.67 bits per heavy atom. The number of carbonyl (C=O) groups is 2. The SMILES string of the molecule is Cc1cc(C)c(NC(=O)c2sc(NC(=O)OCCc3ccccc3)nc2C)c(C)c1. The Morgan fingerprint density at radius 3 is 2.33 bits per heavy atom. The lowest BCUT2D eigenvalue weighted by molar-refractivity contribution is 0.102. The average Bonchev–Trinajstić information content (AvgIpc) is 3.05. The van der Waals surface area contributed by atoms with E-state index in [1.54, 1.807) is 6.92 Å². The maximum atomic E-state index is 12.8. The highest BCUT2D eigenvalue weighted by atomic mass is 32.1. The van der Waals surface area contributed by atoms with Gasteiger partial charge in [-0.3, -0.25) is 10.1 Å². The van der Waals surface area contributed by atoms with Gasteiger partial charge in [0.2, 0.25) is 0 Å². The molecule has 1 aromatic heterocycles. The number of hydrogen-bond acceptors (Lipinski definition) is 5. The van der Waals surface area contributed by atoms with Gasteiger partial charge in [0, 0.05) is 12.1 Å². The standard InChI is InChI=1S/C23H25N3O3S/c1-14-12-15(2)19(16(3)13-14)25-21(27)20-17(4)24-22(30-20)26-23(28)29-11-10-18-8-6-5-7-9-18/h5-9,12-13H,10-11H2,1-4H3,(H,25,27)(H,24,26,28). The smallest absolute Gasteiger partial charge is 0.413 e. The number of hydrogen-bond donors (Lipinski definition) is 2. The molecule has 3 rings (SSSR count). The summed E-state index contributed by atoms with van der Waals surface area (Å²) in [5, 5.41) is 5.91. The molecule has 0 spiro atoms. The zero-order chi connectivity index (χ0) is 21.7. The Kier molecular flexibility index (Phi) is 6.84. The lowest BCUT2D eigenvalue weighted by atomic mass is 10.1. The van der Waals surface area contributed by atoms with Gasteiger partial charge in [-0.2, -0.15) is 0 Å². The van der Waals surface area contributed by atoms with Crippen LogP contribution in [-0.4, -0.2) is 23.6 Å². The second-order valence-corrected chi connectivity index (χ2v) is 8.16. The Bertz CT molecular complexity index is 1040. The number of benzene rings is 2. The summed E-state index contributed by atoms with van der Waals surface area (Å²) in [6.45, 7) is 7.96. The van der Waals surface area contributed by atoms with E-state index in [0.717, 1.165) is 39.3 Å². The molecule has 6 nitrogen and oxygen atoms in total. The highest BCUT2D eigenvalue weighted by molar-refractivity contribution is 7.17. The molecule has 0 unspecified atom stereocenters. The minimum atomic E-state index is -0.586. The van der Waals surface area contributed by atoms with Crippen LogP contribution >= 0.6 is 11.3 Å². The molecule has 0 atom stereocenters. The number of aromatic nitrogens is 1. The third-order valence-corrected chi connectivity index (χ3v) is 5.67. The molecule has 7 heteroatoms. The van der Waals surface area contributed by atoms with E-state index in [0.29, 0.717) is 22.1 Å². The minimum Gasteiger partial charge on any atom is -0.449 e. The quantitative estimate of drug-likeness (QED) is 0.555. The molecule has 156 valence electrons. The molecule has 0 fully saturated rings. The van der Waals surface area contributed by atoms with Gasteiger partial charge in [-0.15, -0.1) is 0 Å². The highest BCUT2D eigenvalue weighted by Gasteiger charge is 2.18. The molecular formula is C23H25N3O3S. The van der Waals surface area contributed by atoms with E-state index < -0.39 is 6.09 Å². The molecule has 2 amide bonds. The molecule has 2 aromatic carbocycles. The van der Waals surface area contributed by atoms with Crippen LogP contribution in [0.2, 0.25) is 0 Å². The summed E-state index contributed by atoms with van der Waals surface area (Å²) in [7, 11) is 0. The number of nitrogens with zero attached hydrogens (tertiary/aromatic N) is 1. The maximum Gasteiger partial charge on any atom is 0.413 e. The number of rotatable bonds is 6. The summed E-state index contributed by atoms with van der Waals surface area (Å²) in [5.41, 5.74) is 5.60. The third-order valence-electron chi connectivity index (χ3n) is 4.59. The Balaban J connectivity index is 1.59. The van der Waals surface area contributed by atoms with Crippen LogP contribution in [0.5, 0.6) is 0 Å². The van der Waals surface area contributed by atoms with E-state index in [2.05, 4.69) is 15.6 Å². The number of carbonyl (C=O) groups excluding carboxylic acids is 2. The van der Waals surface area contributed by atoms with Gasteiger partial charge in [0.1, 0.15) is 4.88 Å². The lowest BCUT2D eigenvalue weighted by Crippen LogP contribution is -2.15. The van der Waals surface area contributed by atoms with Gasteiger partial charge in [0.25, 0.3) is 5.91 Å². The van der Waals surface area contributed by atoms with Gasteiger partial charge in [0.05, 0.1) is 12.3 Å². The average molecular weight is 424 g/mol. The van der Waals surface area contributed by atoms with Crippen molar-refractivity contribution in [1.82, 2.24) is 4.98 Å². The highest BCUT2D eigenvalue weighted by Crippen LogP contribution is 2.27. The molecule has 0 aliphatic carbocycles. The summed E-state index contributed by atoms with van der Waals surface area (Å²) in [5.74, 6) is -0.245. The van der Waals surface area contributed by atoms with E-state index >= 15 is 0 Å². The summed E-state index contributed by atoms with van der Waals surface area (Å²) < 4.78 is 5.21. The van der Waals surface area contributed by atoms with E-state index in [-0.39, 0.29) is 12.5 Å². The largest absolute Gasteiger partial charge is 0.449 e. The van der Waals surface area contributed by atoms with Gasteiger partial charge < -0.3 is 10.1 Å². The van der Waals surface area contributed by atoms with Crippen molar-refractivity contribution >= 4 is 34.2 Å². The molecule has 1 heterocycles. The van der Waals surface area contributed by atoms with Crippen molar-refractivity contribution in [3.63, 3.8) is 0 Å². The Labute approximate surface area is 180 Å². The van der Waals surface area contributed by atoms with Crippen LogP contribution in [0.1, 0.15) is 37.6 Å². The molecule has 0 aliphatic heterocycles. The fourth-order valence-electron chi connectivity index (χ4n) is 3.24. The summed E-state index contributed by atoms with van der Waals surface area (Å²) in [6.07, 6.45) is 0.0468. The first-order chi connectivity index (χ1) is 14.3. The molecule has 0 radical (unpaired) electrons. The van der Waals surface area contributed by atoms with Crippen LogP contribution in [-0.2, 0) is 11.2 Å². The van der Waals surface area contributed by atoms with Crippen LogP contribution in [0.15, 0.2) is 42.5 Å². The third kappa shape index (κ3) is 5.45. The zero-order valence-electron chi connectivity index (χ0n) is 17.5. The molecule has 0 aliphatic rings. The van der Waals surface area contributed by atoms with Gasteiger partial charge in [-0.05, 0) is 44.4 Å². The lowest BCUT2D eigenvalue weighted by Gasteiger charge is -2.12. The van der Waals surface area contributed by atoms with Crippen molar-refractivity contribution < 1.29 is 14.3 Å². The molecule has 0 bridgehead atoms. The van der Waals surface area contributed by atoms with E-state index in [4.69, 9.17) is 4.74 Å². The van der Waals surface area contributed by atoms with Crippen LogP contribution in [0.25, 0.3) is 0 Å². The molecular weight excluding hydrogens is 398 g/mol. The van der Waals surface area contributed by atoms with E-state index in [9.17, 15) is 9.59 Å². The monoisotopic (exact) mass is 423 g/mol. The first-order valence-corrected chi connectivity index (χ1v) is 10.5. The van der Waals surface area contributed by atoms with Crippen molar-refractivity contribution in [3.8, 4) is 0 Å². The van der Waals surface area contributed by atoms with Crippen LogP contribution in [0.3, 0.4) is 0 Å². The Morgan fingerprint density at radius 1 is 1.00 bits per heavy atom. The van der Waals surface area contributed by atoms with Crippen LogP contribution in [0.4, 0.5) is 15.6 Å². The van der Waals surface area contributed by atoms with E-state index in [1.165, 1.54) is 0 Å². The van der Waals surface area contributed by atoms with Gasteiger partial charge >= 0.3 is 6.09 Å². The van der Waals surface area contributed by atoms with Crippen molar-refractivity contribution in [2.45, 2.75) is 34.1 Å². The predicted molar refractivity (Wildman–Crippen MR) is 121 cm³/mol. The minimum absolute atomic E-state index is 0.245. The van der Waals surface area contributed by atoms with Gasteiger partial charge in [0.15, 0.2) is 5.13 Å². The van der Waals surface area contributed by atoms with Crippen LogP contribution < -0.4 is 10.6 Å². The normalized spacial score (nSPS) is 10.5. The molecule has 0 saturated heterocycles. The molecule has 0 saturated carbocycles. The topological polar surface area (TPSA) is 80.3 Å². The number of amides is 2. The maximum absolute atomic E-state index is 12.8. The van der Waals surface area contributed by atoms with Crippen LogP contribution in [0, 0.1) is 27.7 Å². The number of nitrogens with one attached hydrogen (secondary N) is 2. The summed E-state index contributed by atoms with van der Waals surface area (Å²) in [4.78, 5) is 29.5. The predicted octanol–water partition coefficient (Wildman–Crippen LogP) is 5.42. The first-order valence-electron chi connectivity index (χ1n) is 9.68. The van der Waals surface area contributed by atoms with Crippen molar-refractivity contribution in [3.05, 3.63) is 75.3 Å². The van der Waals surface area contributed by atoms with Crippen molar-refractivity contribution in [2.24, 2.45) is 0 Å².